The molecule has 0 spiro atoms. The molecule has 0 fully saturated rings. The number of nitrogens with zero attached hydrogens (tertiary/aromatic N) is 5. The summed E-state index contributed by atoms with van der Waals surface area (Å²) < 4.78 is 6.60. The summed E-state index contributed by atoms with van der Waals surface area (Å²) in [4.78, 5) is 30.6. The van der Waals surface area contributed by atoms with Crippen molar-refractivity contribution in [3.05, 3.63) is 87.0 Å². The standard InChI is InChI=1S/C28H34N6O3/c1-5-25(27-30-31-32-34(27)18-26(35)37-6-2)33(13-12-21-10-8-7-9-11-21)17-23-16-22-14-19(3)20(4)15-24(22)29-28(23)36/h7-11,14-16,25H,5-6,12-13,17-18H2,1-4H3,(H,29,36)/t25-/m1/s1. The first-order valence-corrected chi connectivity index (χ1v) is 12.7. The summed E-state index contributed by atoms with van der Waals surface area (Å²) in [7, 11) is 0. The second-order valence-electron chi connectivity index (χ2n) is 9.28. The van der Waals surface area contributed by atoms with Gasteiger partial charge < -0.3 is 9.72 Å². The smallest absolute Gasteiger partial charge is 0.327 e. The number of pyridine rings is 1. The van der Waals surface area contributed by atoms with Crippen molar-refractivity contribution in [3.8, 4) is 0 Å². The second kappa shape index (κ2) is 11.9. The lowest BCUT2D eigenvalue weighted by Crippen LogP contribution is -2.34. The molecule has 2 aromatic carbocycles. The lowest BCUT2D eigenvalue weighted by atomic mass is 10.0. The number of fused-ring (bicyclic) bond motifs is 1. The number of benzene rings is 2. The Morgan fingerprint density at radius 2 is 1.86 bits per heavy atom. The fourth-order valence-electron chi connectivity index (χ4n) is 4.62. The fraction of sp³-hybridized carbons (Fsp3) is 0.393. The number of aryl methyl sites for hydroxylation is 2. The third kappa shape index (κ3) is 6.29. The van der Waals surface area contributed by atoms with Crippen molar-refractivity contribution >= 4 is 16.9 Å². The monoisotopic (exact) mass is 502 g/mol. The molecular formula is C28H34N6O3. The molecule has 2 heterocycles. The molecule has 1 N–H and O–H groups in total. The van der Waals surface area contributed by atoms with Gasteiger partial charge in [-0.05, 0) is 84.3 Å². The topological polar surface area (TPSA) is 106 Å². The van der Waals surface area contributed by atoms with Crippen molar-refractivity contribution in [2.24, 2.45) is 0 Å². The van der Waals surface area contributed by atoms with Crippen molar-refractivity contribution in [2.75, 3.05) is 13.2 Å². The van der Waals surface area contributed by atoms with Crippen molar-refractivity contribution < 1.29 is 9.53 Å². The van der Waals surface area contributed by atoms with Crippen LogP contribution in [0.3, 0.4) is 0 Å². The molecule has 194 valence electrons. The zero-order valence-electron chi connectivity index (χ0n) is 21.9. The molecule has 37 heavy (non-hydrogen) atoms. The number of carbonyl (C=O) groups excluding carboxylic acids is 1. The van der Waals surface area contributed by atoms with E-state index in [-0.39, 0.29) is 18.1 Å². The molecule has 0 saturated heterocycles. The lowest BCUT2D eigenvalue weighted by molar-refractivity contribution is -0.144. The van der Waals surface area contributed by atoms with Gasteiger partial charge in [0.25, 0.3) is 5.56 Å². The van der Waals surface area contributed by atoms with E-state index in [9.17, 15) is 9.59 Å². The molecular weight excluding hydrogens is 468 g/mol. The average molecular weight is 503 g/mol. The number of esters is 1. The van der Waals surface area contributed by atoms with Gasteiger partial charge in [-0.25, -0.2) is 4.68 Å². The quantitative estimate of drug-likeness (QED) is 0.310. The molecule has 2 aromatic heterocycles. The van der Waals surface area contributed by atoms with E-state index in [4.69, 9.17) is 4.74 Å². The number of rotatable bonds is 11. The third-order valence-electron chi connectivity index (χ3n) is 6.71. The number of tetrazole rings is 1. The van der Waals surface area contributed by atoms with Gasteiger partial charge in [-0.2, -0.15) is 0 Å². The van der Waals surface area contributed by atoms with Gasteiger partial charge in [-0.1, -0.05) is 37.3 Å². The van der Waals surface area contributed by atoms with Crippen LogP contribution in [-0.4, -0.2) is 49.2 Å². The Bertz CT molecular complexity index is 1410. The van der Waals surface area contributed by atoms with Crippen LogP contribution in [0.5, 0.6) is 0 Å². The number of H-pyrrole nitrogens is 1. The largest absolute Gasteiger partial charge is 0.465 e. The van der Waals surface area contributed by atoms with Gasteiger partial charge in [0.2, 0.25) is 0 Å². The first-order valence-electron chi connectivity index (χ1n) is 12.7. The van der Waals surface area contributed by atoms with E-state index >= 15 is 0 Å². The minimum atomic E-state index is -0.390. The highest BCUT2D eigenvalue weighted by molar-refractivity contribution is 5.80. The van der Waals surface area contributed by atoms with Crippen LogP contribution in [-0.2, 0) is 29.0 Å². The molecule has 4 rings (SSSR count). The number of ether oxygens (including phenoxy) is 1. The molecule has 0 unspecified atom stereocenters. The molecule has 0 saturated carbocycles. The number of aromatic nitrogens is 5. The van der Waals surface area contributed by atoms with Crippen molar-refractivity contribution in [3.63, 3.8) is 0 Å². The molecule has 0 aliphatic carbocycles. The van der Waals surface area contributed by atoms with Crippen LogP contribution in [0.4, 0.5) is 0 Å². The lowest BCUT2D eigenvalue weighted by Gasteiger charge is -2.30. The van der Waals surface area contributed by atoms with E-state index in [1.165, 1.54) is 15.8 Å². The summed E-state index contributed by atoms with van der Waals surface area (Å²) in [5, 5.41) is 13.2. The summed E-state index contributed by atoms with van der Waals surface area (Å²) in [6, 6.07) is 16.1. The number of carbonyl (C=O) groups is 1. The number of aromatic amines is 1. The number of nitrogens with one attached hydrogen (secondary N) is 1. The highest BCUT2D eigenvalue weighted by Crippen LogP contribution is 2.25. The van der Waals surface area contributed by atoms with Crippen LogP contribution in [0.25, 0.3) is 10.9 Å². The van der Waals surface area contributed by atoms with E-state index < -0.39 is 5.97 Å². The summed E-state index contributed by atoms with van der Waals surface area (Å²) in [5.41, 5.74) is 4.91. The molecule has 0 bridgehead atoms. The Morgan fingerprint density at radius 3 is 2.59 bits per heavy atom. The van der Waals surface area contributed by atoms with Gasteiger partial charge in [0.1, 0.15) is 6.54 Å². The fourth-order valence-corrected chi connectivity index (χ4v) is 4.62. The summed E-state index contributed by atoms with van der Waals surface area (Å²) in [6.07, 6.45) is 1.49. The number of hydrogen-bond acceptors (Lipinski definition) is 7. The first-order chi connectivity index (χ1) is 17.9. The van der Waals surface area contributed by atoms with Crippen LogP contribution in [0.2, 0.25) is 0 Å². The summed E-state index contributed by atoms with van der Waals surface area (Å²) in [6.45, 7) is 9.26. The summed E-state index contributed by atoms with van der Waals surface area (Å²) >= 11 is 0. The van der Waals surface area contributed by atoms with E-state index in [1.807, 2.05) is 37.3 Å². The predicted octanol–water partition coefficient (Wildman–Crippen LogP) is 3.89. The SMILES string of the molecule is CCOC(=O)Cn1nnnc1[C@@H](CC)N(CCc1ccccc1)Cc1cc2cc(C)c(C)cc2[nH]c1=O. The van der Waals surface area contributed by atoms with Gasteiger partial charge in [0.05, 0.1) is 12.6 Å². The van der Waals surface area contributed by atoms with E-state index in [0.717, 1.165) is 22.9 Å². The van der Waals surface area contributed by atoms with Crippen molar-refractivity contribution in [1.82, 2.24) is 30.1 Å². The van der Waals surface area contributed by atoms with Crippen LogP contribution in [0, 0.1) is 13.8 Å². The molecule has 1 atom stereocenters. The molecule has 9 heteroatoms. The minimum Gasteiger partial charge on any atom is -0.465 e. The average Bonchev–Trinajstić information content (AvgIpc) is 3.32. The Hall–Kier alpha value is -3.85. The van der Waals surface area contributed by atoms with Gasteiger partial charge in [0.15, 0.2) is 5.82 Å². The van der Waals surface area contributed by atoms with Gasteiger partial charge in [0, 0.05) is 24.2 Å². The van der Waals surface area contributed by atoms with Crippen LogP contribution in [0.15, 0.2) is 53.3 Å². The van der Waals surface area contributed by atoms with Crippen LogP contribution < -0.4 is 5.56 Å². The normalized spacial score (nSPS) is 12.2. The Balaban J connectivity index is 1.68. The minimum absolute atomic E-state index is 0.0611. The second-order valence-corrected chi connectivity index (χ2v) is 9.28. The van der Waals surface area contributed by atoms with Crippen LogP contribution in [0.1, 0.15) is 54.4 Å². The van der Waals surface area contributed by atoms with Crippen LogP contribution >= 0.6 is 0 Å². The van der Waals surface area contributed by atoms with E-state index in [2.05, 4.69) is 57.5 Å². The molecule has 0 aliphatic rings. The molecule has 4 aromatic rings. The first kappa shape index (κ1) is 26.2. The Labute approximate surface area is 216 Å². The predicted molar refractivity (Wildman–Crippen MR) is 142 cm³/mol. The maximum absolute atomic E-state index is 13.1. The van der Waals surface area contributed by atoms with Crippen molar-refractivity contribution in [1.29, 1.82) is 0 Å². The van der Waals surface area contributed by atoms with Gasteiger partial charge >= 0.3 is 5.97 Å². The molecule has 0 radical (unpaired) electrons. The Kier molecular flexibility index (Phi) is 8.45. The van der Waals surface area contributed by atoms with Gasteiger partial charge in [-0.15, -0.1) is 5.10 Å². The maximum Gasteiger partial charge on any atom is 0.327 e. The number of hydrogen-bond donors (Lipinski definition) is 1. The molecule has 0 aliphatic heterocycles. The van der Waals surface area contributed by atoms with Crippen molar-refractivity contribution in [2.45, 2.75) is 59.7 Å². The van der Waals surface area contributed by atoms with E-state index in [1.54, 1.807) is 6.92 Å². The Morgan fingerprint density at radius 1 is 1.11 bits per heavy atom. The third-order valence-corrected chi connectivity index (χ3v) is 6.71. The zero-order valence-corrected chi connectivity index (χ0v) is 21.9. The highest BCUT2D eigenvalue weighted by Gasteiger charge is 2.26. The zero-order chi connectivity index (χ0) is 26.4. The van der Waals surface area contributed by atoms with E-state index in [0.29, 0.717) is 37.5 Å². The molecule has 0 amide bonds. The maximum atomic E-state index is 13.1. The highest BCUT2D eigenvalue weighted by atomic mass is 16.5. The van der Waals surface area contributed by atoms with Gasteiger partial charge in [-0.3, -0.25) is 14.5 Å². The molecule has 9 nitrogen and oxygen atoms in total. The summed E-state index contributed by atoms with van der Waals surface area (Å²) in [5.74, 6) is 0.186.